The molecule has 0 aliphatic heterocycles. The molecule has 0 aliphatic carbocycles. The quantitative estimate of drug-likeness (QED) is 0.894. The van der Waals surface area contributed by atoms with Crippen LogP contribution in [0, 0.1) is 12.8 Å². The van der Waals surface area contributed by atoms with E-state index in [0.29, 0.717) is 12.5 Å². The molecule has 2 rings (SSSR count). The van der Waals surface area contributed by atoms with E-state index < -0.39 is 0 Å². The van der Waals surface area contributed by atoms with Crippen LogP contribution in [-0.2, 0) is 12.8 Å². The second-order valence-electron chi connectivity index (χ2n) is 5.14. The molecule has 0 saturated carbocycles. The molecule has 0 fully saturated rings. The smallest absolute Gasteiger partial charge is 0.0739 e. The summed E-state index contributed by atoms with van der Waals surface area (Å²) in [5.41, 5.74) is 10.7. The molecule has 96 valence electrons. The molecule has 0 amide bonds. The highest BCUT2D eigenvalue weighted by atomic mass is 14.7. The zero-order valence-corrected chi connectivity index (χ0v) is 11.5. The Morgan fingerprint density at radius 2 is 2.11 bits per heavy atom. The SMILES string of the molecule is CCc1cccc2c(C)cc(CC(C)CN)nc12. The summed E-state index contributed by atoms with van der Waals surface area (Å²) in [4.78, 5) is 4.84. The lowest BCUT2D eigenvalue weighted by molar-refractivity contribution is 0.585. The highest BCUT2D eigenvalue weighted by molar-refractivity contribution is 5.85. The Morgan fingerprint density at radius 3 is 2.78 bits per heavy atom. The van der Waals surface area contributed by atoms with Gasteiger partial charge in [-0.1, -0.05) is 32.0 Å². The summed E-state index contributed by atoms with van der Waals surface area (Å²) in [5, 5.41) is 1.28. The molecule has 0 radical (unpaired) electrons. The van der Waals surface area contributed by atoms with E-state index in [-0.39, 0.29) is 0 Å². The van der Waals surface area contributed by atoms with Crippen molar-refractivity contribution in [3.8, 4) is 0 Å². The van der Waals surface area contributed by atoms with Gasteiger partial charge < -0.3 is 5.73 Å². The summed E-state index contributed by atoms with van der Waals surface area (Å²) in [6.07, 6.45) is 1.99. The van der Waals surface area contributed by atoms with E-state index in [0.717, 1.165) is 12.8 Å². The molecule has 2 heteroatoms. The van der Waals surface area contributed by atoms with Gasteiger partial charge in [-0.2, -0.15) is 0 Å². The van der Waals surface area contributed by atoms with Crippen molar-refractivity contribution in [2.24, 2.45) is 11.7 Å². The van der Waals surface area contributed by atoms with Crippen LogP contribution in [0.4, 0.5) is 0 Å². The van der Waals surface area contributed by atoms with Gasteiger partial charge in [0.05, 0.1) is 5.52 Å². The van der Waals surface area contributed by atoms with Gasteiger partial charge in [0.15, 0.2) is 0 Å². The van der Waals surface area contributed by atoms with Gasteiger partial charge in [0.1, 0.15) is 0 Å². The maximum atomic E-state index is 5.70. The Kier molecular flexibility index (Phi) is 3.97. The van der Waals surface area contributed by atoms with Crippen LogP contribution in [-0.4, -0.2) is 11.5 Å². The van der Waals surface area contributed by atoms with Crippen LogP contribution in [0.15, 0.2) is 24.3 Å². The van der Waals surface area contributed by atoms with E-state index in [1.807, 2.05) is 0 Å². The Hall–Kier alpha value is -1.41. The highest BCUT2D eigenvalue weighted by Gasteiger charge is 2.08. The summed E-state index contributed by atoms with van der Waals surface area (Å²) < 4.78 is 0. The number of pyridine rings is 1. The van der Waals surface area contributed by atoms with E-state index in [1.54, 1.807) is 0 Å². The Labute approximate surface area is 109 Å². The van der Waals surface area contributed by atoms with Crippen molar-refractivity contribution in [1.82, 2.24) is 4.98 Å². The number of hydrogen-bond acceptors (Lipinski definition) is 2. The van der Waals surface area contributed by atoms with Crippen molar-refractivity contribution in [2.45, 2.75) is 33.6 Å². The Bertz CT molecular complexity index is 546. The number of nitrogens with zero attached hydrogens (tertiary/aromatic N) is 1. The first-order valence-corrected chi connectivity index (χ1v) is 6.73. The summed E-state index contributed by atoms with van der Waals surface area (Å²) >= 11 is 0. The molecule has 1 aromatic heterocycles. The van der Waals surface area contributed by atoms with E-state index in [1.165, 1.54) is 27.7 Å². The molecule has 0 aliphatic rings. The number of aromatic nitrogens is 1. The highest BCUT2D eigenvalue weighted by Crippen LogP contribution is 2.22. The second kappa shape index (κ2) is 5.49. The third kappa shape index (κ3) is 2.54. The first-order valence-electron chi connectivity index (χ1n) is 6.73. The lowest BCUT2D eigenvalue weighted by Crippen LogP contribution is -2.14. The molecule has 18 heavy (non-hydrogen) atoms. The van der Waals surface area contributed by atoms with Gasteiger partial charge in [-0.3, -0.25) is 4.98 Å². The van der Waals surface area contributed by atoms with Crippen LogP contribution in [0.25, 0.3) is 10.9 Å². The summed E-state index contributed by atoms with van der Waals surface area (Å²) in [5.74, 6) is 0.489. The minimum atomic E-state index is 0.489. The summed E-state index contributed by atoms with van der Waals surface area (Å²) in [7, 11) is 0. The molecule has 1 unspecified atom stereocenters. The molecule has 1 atom stereocenters. The topological polar surface area (TPSA) is 38.9 Å². The average Bonchev–Trinajstić information content (AvgIpc) is 2.38. The maximum absolute atomic E-state index is 5.70. The number of nitrogens with two attached hydrogens (primary N) is 1. The zero-order valence-electron chi connectivity index (χ0n) is 11.5. The minimum Gasteiger partial charge on any atom is -0.330 e. The molecule has 0 spiro atoms. The van der Waals surface area contributed by atoms with Gasteiger partial charge in [0.25, 0.3) is 0 Å². The molecular weight excluding hydrogens is 220 g/mol. The van der Waals surface area contributed by atoms with Crippen molar-refractivity contribution in [3.63, 3.8) is 0 Å². The van der Waals surface area contributed by atoms with E-state index in [2.05, 4.69) is 45.0 Å². The van der Waals surface area contributed by atoms with Crippen molar-refractivity contribution >= 4 is 10.9 Å². The van der Waals surface area contributed by atoms with E-state index in [9.17, 15) is 0 Å². The number of benzene rings is 1. The Balaban J connectivity index is 2.52. The first kappa shape index (κ1) is 13.0. The fourth-order valence-electron chi connectivity index (χ4n) is 2.38. The third-order valence-corrected chi connectivity index (χ3v) is 3.52. The zero-order chi connectivity index (χ0) is 13.1. The van der Waals surface area contributed by atoms with Gasteiger partial charge in [0, 0.05) is 11.1 Å². The molecule has 2 aromatic rings. The number of fused-ring (bicyclic) bond motifs is 1. The Morgan fingerprint density at radius 1 is 1.33 bits per heavy atom. The van der Waals surface area contributed by atoms with Crippen LogP contribution in [0.5, 0.6) is 0 Å². The largest absolute Gasteiger partial charge is 0.330 e. The van der Waals surface area contributed by atoms with Crippen molar-refractivity contribution in [3.05, 3.63) is 41.1 Å². The van der Waals surface area contributed by atoms with Crippen LogP contribution in [0.1, 0.15) is 30.7 Å². The number of rotatable bonds is 4. The van der Waals surface area contributed by atoms with Gasteiger partial charge in [-0.15, -0.1) is 0 Å². The predicted molar refractivity (Wildman–Crippen MR) is 77.8 cm³/mol. The van der Waals surface area contributed by atoms with Gasteiger partial charge >= 0.3 is 0 Å². The van der Waals surface area contributed by atoms with Gasteiger partial charge in [-0.05, 0) is 49.4 Å². The molecule has 2 N–H and O–H groups in total. The standard InChI is InChI=1S/C16H22N2/c1-4-13-6-5-7-15-12(3)9-14(18-16(13)15)8-11(2)10-17/h5-7,9,11H,4,8,10,17H2,1-3H3. The number of aryl methyl sites for hydroxylation is 2. The molecule has 0 bridgehead atoms. The van der Waals surface area contributed by atoms with Crippen LogP contribution < -0.4 is 5.73 Å². The summed E-state index contributed by atoms with van der Waals surface area (Å²) in [6, 6.07) is 8.66. The monoisotopic (exact) mass is 242 g/mol. The summed E-state index contributed by atoms with van der Waals surface area (Å²) in [6.45, 7) is 7.24. The van der Waals surface area contributed by atoms with Crippen molar-refractivity contribution in [1.29, 1.82) is 0 Å². The van der Waals surface area contributed by atoms with E-state index >= 15 is 0 Å². The molecule has 0 saturated heterocycles. The number of para-hydroxylation sites is 1. The second-order valence-corrected chi connectivity index (χ2v) is 5.14. The fraction of sp³-hybridized carbons (Fsp3) is 0.438. The normalized spacial score (nSPS) is 12.9. The molecule has 1 heterocycles. The number of hydrogen-bond donors (Lipinski definition) is 1. The molecular formula is C16H22N2. The van der Waals surface area contributed by atoms with Crippen LogP contribution >= 0.6 is 0 Å². The predicted octanol–water partition coefficient (Wildman–Crippen LogP) is 3.24. The van der Waals surface area contributed by atoms with Gasteiger partial charge in [-0.25, -0.2) is 0 Å². The molecule has 1 aromatic carbocycles. The molecule has 2 nitrogen and oxygen atoms in total. The average molecular weight is 242 g/mol. The third-order valence-electron chi connectivity index (χ3n) is 3.52. The fourth-order valence-corrected chi connectivity index (χ4v) is 2.38. The lowest BCUT2D eigenvalue weighted by atomic mass is 10.00. The minimum absolute atomic E-state index is 0.489. The van der Waals surface area contributed by atoms with Crippen LogP contribution in [0.2, 0.25) is 0 Å². The van der Waals surface area contributed by atoms with Crippen molar-refractivity contribution < 1.29 is 0 Å². The van der Waals surface area contributed by atoms with Gasteiger partial charge in [0.2, 0.25) is 0 Å². The van der Waals surface area contributed by atoms with Crippen molar-refractivity contribution in [2.75, 3.05) is 6.54 Å². The van der Waals surface area contributed by atoms with Crippen LogP contribution in [0.3, 0.4) is 0 Å². The first-order chi connectivity index (χ1) is 8.65. The maximum Gasteiger partial charge on any atom is 0.0739 e. The van der Waals surface area contributed by atoms with E-state index in [4.69, 9.17) is 10.7 Å². The lowest BCUT2D eigenvalue weighted by Gasteiger charge is -2.12.